The number of phenolic OH excluding ortho intramolecular Hbond substituents is 1. The Morgan fingerprint density at radius 3 is 2.54 bits per heavy atom. The number of nitrogens with one attached hydrogen (secondary N) is 1. The van der Waals surface area contributed by atoms with Crippen molar-refractivity contribution in [3.8, 4) is 11.8 Å². The monoisotopic (exact) mass is 709 g/mol. The standard InChI is InChI=1S/C44H60FN5O2/c1-8-13-15-21-44(7,20-14-9-2)27-52-43-48-38-24-36(35-23-32(51)22-29-16-19-37(45)33(11-4)39(29)35)41(47-28(6)10-3)34(12-5)40(38)42(49-43)50-26-30-17-18-31(50)25-46-30/h12,16,19,22-24,28,30-31,46,51H,8-11,13-15,17-18,20-21,25-27H2,1-7H3/b34-12-,47-41?. The van der Waals surface area contributed by atoms with E-state index >= 15 is 4.39 Å². The van der Waals surface area contributed by atoms with Crippen LogP contribution in [0.25, 0.3) is 28.0 Å². The van der Waals surface area contributed by atoms with Crippen molar-refractivity contribution in [3.05, 3.63) is 58.5 Å². The first-order valence-electron chi connectivity index (χ1n) is 20.1. The molecule has 280 valence electrons. The van der Waals surface area contributed by atoms with E-state index in [0.717, 1.165) is 102 Å². The van der Waals surface area contributed by atoms with Crippen molar-refractivity contribution in [2.45, 2.75) is 137 Å². The van der Waals surface area contributed by atoms with Gasteiger partial charge in [-0.25, -0.2) is 4.39 Å². The normalized spacial score (nSPS) is 21.8. The van der Waals surface area contributed by atoms with Gasteiger partial charge in [0.2, 0.25) is 0 Å². The first-order valence-corrected chi connectivity index (χ1v) is 20.1. The maximum absolute atomic E-state index is 15.5. The van der Waals surface area contributed by atoms with Gasteiger partial charge in [-0.1, -0.05) is 78.9 Å². The Bertz CT molecular complexity index is 1840. The molecular formula is C44H60FN5O2. The van der Waals surface area contributed by atoms with Crippen LogP contribution < -0.4 is 15.0 Å². The number of allylic oxidation sites excluding steroid dienone is 3. The first kappa shape index (κ1) is 38.0. The van der Waals surface area contributed by atoms with Crippen LogP contribution in [0.3, 0.4) is 0 Å². The Morgan fingerprint density at radius 1 is 1.10 bits per heavy atom. The lowest BCUT2D eigenvalue weighted by molar-refractivity contribution is 0.125. The van der Waals surface area contributed by atoms with Crippen molar-refractivity contribution in [3.63, 3.8) is 0 Å². The largest absolute Gasteiger partial charge is 0.508 e. The highest BCUT2D eigenvalue weighted by Crippen LogP contribution is 2.45. The van der Waals surface area contributed by atoms with E-state index in [1.807, 2.05) is 6.92 Å². The highest BCUT2D eigenvalue weighted by atomic mass is 19.1. The van der Waals surface area contributed by atoms with Crippen molar-refractivity contribution in [2.24, 2.45) is 10.4 Å². The number of anilines is 1. The summed E-state index contributed by atoms with van der Waals surface area (Å²) in [5.41, 5.74) is 5.77. The maximum atomic E-state index is 15.5. The van der Waals surface area contributed by atoms with Crippen LogP contribution in [0.15, 0.2) is 35.3 Å². The number of halogens is 1. The number of hydrogen-bond donors (Lipinski definition) is 2. The third-order valence-corrected chi connectivity index (χ3v) is 11.7. The Kier molecular flexibility index (Phi) is 12.0. The number of fused-ring (bicyclic) bond motifs is 5. The third kappa shape index (κ3) is 7.78. The van der Waals surface area contributed by atoms with Crippen molar-refractivity contribution in [1.29, 1.82) is 0 Å². The van der Waals surface area contributed by atoms with Gasteiger partial charge >= 0.3 is 6.01 Å². The Morgan fingerprint density at radius 2 is 1.88 bits per heavy atom. The SMILES string of the molecule is C/C=C1\C(=NC(C)CC)C(c2cc(O)cc3ccc(F)c(CC)c23)=Cc2nc(OCC(C)(CCCC)CCCCC)nc(N3CC4CCC3CN4)c21. The van der Waals surface area contributed by atoms with Crippen molar-refractivity contribution >= 4 is 39.5 Å². The average molecular weight is 710 g/mol. The molecule has 4 unspecified atom stereocenters. The highest BCUT2D eigenvalue weighted by molar-refractivity contribution is 6.50. The zero-order valence-electron chi connectivity index (χ0n) is 32.6. The van der Waals surface area contributed by atoms with Gasteiger partial charge in [-0.05, 0) is 98.5 Å². The van der Waals surface area contributed by atoms with Crippen LogP contribution in [0.5, 0.6) is 11.8 Å². The van der Waals surface area contributed by atoms with Gasteiger partial charge in [-0.15, -0.1) is 0 Å². The Hall–Kier alpha value is -3.78. The summed E-state index contributed by atoms with van der Waals surface area (Å²) in [7, 11) is 0. The summed E-state index contributed by atoms with van der Waals surface area (Å²) < 4.78 is 22.2. The summed E-state index contributed by atoms with van der Waals surface area (Å²) in [4.78, 5) is 18.3. The summed E-state index contributed by atoms with van der Waals surface area (Å²) in [5.74, 6) is 0.787. The van der Waals surface area contributed by atoms with Crippen LogP contribution in [0, 0.1) is 11.2 Å². The second-order valence-electron chi connectivity index (χ2n) is 15.7. The fraction of sp³-hybridized carbons (Fsp3) is 0.568. The highest BCUT2D eigenvalue weighted by Gasteiger charge is 2.39. The molecule has 2 aromatic carbocycles. The molecule has 3 saturated heterocycles. The lowest BCUT2D eigenvalue weighted by atomic mass is 9.81. The van der Waals surface area contributed by atoms with Gasteiger partial charge in [0.05, 0.1) is 23.6 Å². The van der Waals surface area contributed by atoms with Gasteiger partial charge in [0, 0.05) is 47.8 Å². The minimum Gasteiger partial charge on any atom is -0.508 e. The zero-order chi connectivity index (χ0) is 37.0. The van der Waals surface area contributed by atoms with E-state index in [0.29, 0.717) is 36.7 Å². The van der Waals surface area contributed by atoms with Crippen LogP contribution in [-0.4, -0.2) is 58.6 Å². The van der Waals surface area contributed by atoms with Crippen LogP contribution in [0.2, 0.25) is 0 Å². The summed E-state index contributed by atoms with van der Waals surface area (Å²) in [5, 5.41) is 16.4. The molecule has 4 atom stereocenters. The second kappa shape index (κ2) is 16.5. The van der Waals surface area contributed by atoms with E-state index in [1.165, 1.54) is 31.7 Å². The Labute approximate surface area is 310 Å². The number of phenols is 1. The predicted molar refractivity (Wildman–Crippen MR) is 215 cm³/mol. The second-order valence-corrected chi connectivity index (χ2v) is 15.7. The molecule has 52 heavy (non-hydrogen) atoms. The molecule has 0 amide bonds. The van der Waals surface area contributed by atoms with Gasteiger partial charge in [0.15, 0.2) is 0 Å². The number of nitrogens with zero attached hydrogens (tertiary/aromatic N) is 4. The molecule has 1 aliphatic carbocycles. The van der Waals surface area contributed by atoms with Gasteiger partial charge in [-0.2, -0.15) is 9.97 Å². The summed E-state index contributed by atoms with van der Waals surface area (Å²) in [6, 6.07) is 7.92. The molecule has 0 spiro atoms. The summed E-state index contributed by atoms with van der Waals surface area (Å²) in [6.07, 6.45) is 16.0. The number of piperidine rings is 2. The number of aliphatic imine (C=N–C) groups is 1. The molecule has 3 fully saturated rings. The lowest BCUT2D eigenvalue weighted by Crippen LogP contribution is -2.61. The molecule has 3 aliphatic heterocycles. The molecule has 4 heterocycles. The molecule has 0 saturated carbocycles. The molecule has 7 nitrogen and oxygen atoms in total. The minimum atomic E-state index is -0.246. The number of rotatable bonds is 15. The van der Waals surface area contributed by atoms with Crippen LogP contribution in [0.4, 0.5) is 10.2 Å². The summed E-state index contributed by atoms with van der Waals surface area (Å²) >= 11 is 0. The van der Waals surface area contributed by atoms with Crippen molar-refractivity contribution in [2.75, 3.05) is 24.6 Å². The molecular weight excluding hydrogens is 650 g/mol. The first-order chi connectivity index (χ1) is 25.1. The van der Waals surface area contributed by atoms with E-state index in [9.17, 15) is 5.11 Å². The van der Waals surface area contributed by atoms with Gasteiger partial charge in [0.1, 0.15) is 17.4 Å². The molecule has 7 rings (SSSR count). The van der Waals surface area contributed by atoms with Crippen LogP contribution in [0.1, 0.15) is 135 Å². The Balaban J connectivity index is 1.57. The molecule has 2 N–H and O–H groups in total. The number of aromatic nitrogens is 2. The van der Waals surface area contributed by atoms with Crippen molar-refractivity contribution in [1.82, 2.24) is 15.3 Å². The maximum Gasteiger partial charge on any atom is 0.318 e. The van der Waals surface area contributed by atoms with Crippen LogP contribution >= 0.6 is 0 Å². The van der Waals surface area contributed by atoms with Gasteiger partial charge in [-0.3, -0.25) is 4.99 Å². The van der Waals surface area contributed by atoms with E-state index in [-0.39, 0.29) is 23.0 Å². The fourth-order valence-electron chi connectivity index (χ4n) is 8.43. The molecule has 0 radical (unpaired) electrons. The van der Waals surface area contributed by atoms with Gasteiger partial charge in [0.25, 0.3) is 0 Å². The van der Waals surface area contributed by atoms with E-state index < -0.39 is 0 Å². The van der Waals surface area contributed by atoms with Crippen molar-refractivity contribution < 1.29 is 14.2 Å². The zero-order valence-corrected chi connectivity index (χ0v) is 32.6. The molecule has 4 aliphatic rings. The molecule has 3 aromatic rings. The predicted octanol–water partition coefficient (Wildman–Crippen LogP) is 10.3. The third-order valence-electron chi connectivity index (χ3n) is 11.7. The smallest absolute Gasteiger partial charge is 0.318 e. The minimum absolute atomic E-state index is 0.0332. The topological polar surface area (TPSA) is 82.9 Å². The van der Waals surface area contributed by atoms with Crippen LogP contribution in [-0.2, 0) is 6.42 Å². The number of piperazine rings is 1. The fourth-order valence-corrected chi connectivity index (χ4v) is 8.43. The molecule has 2 bridgehead atoms. The number of ether oxygens (including phenoxy) is 1. The lowest BCUT2D eigenvalue weighted by Gasteiger charge is -2.47. The molecule has 1 aromatic heterocycles. The van der Waals surface area contributed by atoms with E-state index in [1.54, 1.807) is 18.2 Å². The number of benzene rings is 2. The molecule has 8 heteroatoms. The quantitative estimate of drug-likeness (QED) is 0.153. The van der Waals surface area contributed by atoms with E-state index in [4.69, 9.17) is 19.7 Å². The number of aryl methyl sites for hydroxylation is 1. The van der Waals surface area contributed by atoms with E-state index in [2.05, 4.69) is 63.9 Å². The van der Waals surface area contributed by atoms with Gasteiger partial charge < -0.3 is 20.1 Å². The number of aromatic hydroxyl groups is 1. The average Bonchev–Trinajstić information content (AvgIpc) is 3.16. The number of hydrogen-bond acceptors (Lipinski definition) is 7. The summed E-state index contributed by atoms with van der Waals surface area (Å²) in [6.45, 7) is 17.5. The number of unbranched alkanes of at least 4 members (excludes halogenated alkanes) is 3.